The summed E-state index contributed by atoms with van der Waals surface area (Å²) in [5, 5.41) is 15.9. The molecule has 5 heteroatoms. The van der Waals surface area contributed by atoms with Crippen molar-refractivity contribution in [1.29, 1.82) is 0 Å². The first-order valence-electron chi connectivity index (χ1n) is 6.53. The van der Waals surface area contributed by atoms with Gasteiger partial charge in [0.15, 0.2) is 0 Å². The average molecular weight is 274 g/mol. The molecule has 0 spiro atoms. The van der Waals surface area contributed by atoms with Crippen LogP contribution in [-0.4, -0.2) is 28.3 Å². The molecule has 1 unspecified atom stereocenters. The number of aromatic nitrogens is 1. The molecule has 106 valence electrons. The highest BCUT2D eigenvalue weighted by Gasteiger charge is 2.25. The fraction of sp³-hybridized carbons (Fsp3) is 0.333. The van der Waals surface area contributed by atoms with E-state index in [1.54, 1.807) is 13.0 Å². The first-order valence-corrected chi connectivity index (χ1v) is 6.53. The summed E-state index contributed by atoms with van der Waals surface area (Å²) in [4.78, 5) is 12.1. The van der Waals surface area contributed by atoms with Crippen molar-refractivity contribution in [3.63, 3.8) is 0 Å². The van der Waals surface area contributed by atoms with Gasteiger partial charge < -0.3 is 14.9 Å². The monoisotopic (exact) mass is 274 g/mol. The van der Waals surface area contributed by atoms with Crippen LogP contribution in [0.25, 0.3) is 11.3 Å². The zero-order chi connectivity index (χ0) is 14.6. The third kappa shape index (κ3) is 3.05. The number of amides is 1. The fourth-order valence-electron chi connectivity index (χ4n) is 1.70. The van der Waals surface area contributed by atoms with Crippen molar-refractivity contribution >= 4 is 5.91 Å². The van der Waals surface area contributed by atoms with Gasteiger partial charge in [0.1, 0.15) is 5.69 Å². The molecule has 5 nitrogen and oxygen atoms in total. The molecule has 0 aliphatic heterocycles. The summed E-state index contributed by atoms with van der Waals surface area (Å²) in [6.45, 7) is 3.54. The minimum absolute atomic E-state index is 0.130. The van der Waals surface area contributed by atoms with Crippen LogP contribution in [0.5, 0.6) is 0 Å². The molecule has 1 aromatic carbocycles. The van der Waals surface area contributed by atoms with Crippen LogP contribution in [0.4, 0.5) is 0 Å². The van der Waals surface area contributed by atoms with Gasteiger partial charge in [0.25, 0.3) is 5.91 Å². The SMILES string of the molecule is CCC(C)(CO)NC(=O)c1cc(-c2ccccc2)no1. The van der Waals surface area contributed by atoms with Crippen LogP contribution in [0.3, 0.4) is 0 Å². The summed E-state index contributed by atoms with van der Waals surface area (Å²) in [7, 11) is 0. The van der Waals surface area contributed by atoms with E-state index in [0.29, 0.717) is 12.1 Å². The van der Waals surface area contributed by atoms with Crippen molar-refractivity contribution in [2.45, 2.75) is 25.8 Å². The van der Waals surface area contributed by atoms with E-state index in [2.05, 4.69) is 10.5 Å². The molecule has 0 radical (unpaired) electrons. The van der Waals surface area contributed by atoms with Gasteiger partial charge in [0.2, 0.25) is 5.76 Å². The number of hydrogen-bond donors (Lipinski definition) is 2. The first kappa shape index (κ1) is 14.3. The van der Waals surface area contributed by atoms with Crippen molar-refractivity contribution in [2.24, 2.45) is 0 Å². The van der Waals surface area contributed by atoms with Crippen LogP contribution in [0.15, 0.2) is 40.9 Å². The van der Waals surface area contributed by atoms with E-state index in [1.165, 1.54) is 0 Å². The zero-order valence-corrected chi connectivity index (χ0v) is 11.6. The Kier molecular flexibility index (Phi) is 4.20. The molecule has 2 rings (SSSR count). The van der Waals surface area contributed by atoms with Gasteiger partial charge in [-0.2, -0.15) is 0 Å². The van der Waals surface area contributed by atoms with E-state index in [1.807, 2.05) is 37.3 Å². The molecule has 0 saturated carbocycles. The van der Waals surface area contributed by atoms with Gasteiger partial charge in [0, 0.05) is 11.6 Å². The third-order valence-corrected chi connectivity index (χ3v) is 3.35. The highest BCUT2D eigenvalue weighted by Crippen LogP contribution is 2.19. The molecule has 20 heavy (non-hydrogen) atoms. The lowest BCUT2D eigenvalue weighted by atomic mass is 10.00. The zero-order valence-electron chi connectivity index (χ0n) is 11.6. The number of carbonyl (C=O) groups excluding carboxylic acids is 1. The standard InChI is InChI=1S/C15H18N2O3/c1-3-15(2,10-18)16-14(19)13-9-12(17-20-13)11-7-5-4-6-8-11/h4-9,18H,3,10H2,1-2H3,(H,16,19). The van der Waals surface area contributed by atoms with Crippen LogP contribution in [-0.2, 0) is 0 Å². The summed E-state index contributed by atoms with van der Waals surface area (Å²) in [6.07, 6.45) is 0.620. The lowest BCUT2D eigenvalue weighted by molar-refractivity contribution is 0.0810. The number of hydrogen-bond acceptors (Lipinski definition) is 4. The summed E-state index contributed by atoms with van der Waals surface area (Å²) in [6, 6.07) is 11.1. The summed E-state index contributed by atoms with van der Waals surface area (Å²) >= 11 is 0. The number of aliphatic hydroxyl groups excluding tert-OH is 1. The Bertz CT molecular complexity index is 574. The maximum atomic E-state index is 12.1. The Morgan fingerprint density at radius 1 is 1.40 bits per heavy atom. The van der Waals surface area contributed by atoms with Crippen molar-refractivity contribution in [1.82, 2.24) is 10.5 Å². The van der Waals surface area contributed by atoms with Gasteiger partial charge in [-0.25, -0.2) is 0 Å². The van der Waals surface area contributed by atoms with Gasteiger partial charge in [0.05, 0.1) is 12.1 Å². The van der Waals surface area contributed by atoms with E-state index in [-0.39, 0.29) is 18.3 Å². The number of benzene rings is 1. The minimum atomic E-state index is -0.656. The predicted octanol–water partition coefficient (Wildman–Crippen LogP) is 2.23. The topological polar surface area (TPSA) is 75.4 Å². The molecular formula is C15H18N2O3. The van der Waals surface area contributed by atoms with Crippen LogP contribution >= 0.6 is 0 Å². The van der Waals surface area contributed by atoms with Crippen LogP contribution < -0.4 is 5.32 Å². The molecule has 2 N–H and O–H groups in total. The molecule has 1 aromatic heterocycles. The number of carbonyl (C=O) groups is 1. The Morgan fingerprint density at radius 2 is 2.10 bits per heavy atom. The quantitative estimate of drug-likeness (QED) is 0.876. The van der Waals surface area contributed by atoms with Gasteiger partial charge in [-0.05, 0) is 13.3 Å². The summed E-state index contributed by atoms with van der Waals surface area (Å²) in [5.74, 6) is -0.241. The van der Waals surface area contributed by atoms with E-state index < -0.39 is 5.54 Å². The second-order valence-corrected chi connectivity index (χ2v) is 4.97. The van der Waals surface area contributed by atoms with Crippen molar-refractivity contribution in [3.8, 4) is 11.3 Å². The average Bonchev–Trinajstić information content (AvgIpc) is 2.98. The Balaban J connectivity index is 2.15. The highest BCUT2D eigenvalue weighted by atomic mass is 16.5. The summed E-state index contributed by atoms with van der Waals surface area (Å²) in [5.41, 5.74) is 0.838. The molecular weight excluding hydrogens is 256 g/mol. The molecule has 0 aliphatic carbocycles. The van der Waals surface area contributed by atoms with Crippen LogP contribution in [0.1, 0.15) is 30.8 Å². The molecule has 1 heterocycles. The smallest absolute Gasteiger partial charge is 0.290 e. The van der Waals surface area contributed by atoms with Crippen molar-refractivity contribution in [2.75, 3.05) is 6.61 Å². The largest absolute Gasteiger partial charge is 0.394 e. The Labute approximate surface area is 117 Å². The molecule has 2 aromatic rings. The van der Waals surface area contributed by atoms with Gasteiger partial charge in [-0.15, -0.1) is 0 Å². The van der Waals surface area contributed by atoms with Crippen LogP contribution in [0.2, 0.25) is 0 Å². The highest BCUT2D eigenvalue weighted by molar-refractivity contribution is 5.92. The Hall–Kier alpha value is -2.14. The normalized spacial score (nSPS) is 13.8. The molecule has 0 aliphatic rings. The maximum absolute atomic E-state index is 12.1. The van der Waals surface area contributed by atoms with Crippen LogP contribution in [0, 0.1) is 0 Å². The fourth-order valence-corrected chi connectivity index (χ4v) is 1.70. The lowest BCUT2D eigenvalue weighted by Crippen LogP contribution is -2.48. The first-order chi connectivity index (χ1) is 9.58. The lowest BCUT2D eigenvalue weighted by Gasteiger charge is -2.26. The second-order valence-electron chi connectivity index (χ2n) is 4.97. The number of nitrogens with zero attached hydrogens (tertiary/aromatic N) is 1. The number of aliphatic hydroxyl groups is 1. The van der Waals surface area contributed by atoms with Gasteiger partial charge in [-0.3, -0.25) is 4.79 Å². The molecule has 1 atom stereocenters. The van der Waals surface area contributed by atoms with E-state index in [9.17, 15) is 9.90 Å². The van der Waals surface area contributed by atoms with Crippen molar-refractivity contribution in [3.05, 3.63) is 42.2 Å². The minimum Gasteiger partial charge on any atom is -0.394 e. The third-order valence-electron chi connectivity index (χ3n) is 3.35. The van der Waals surface area contributed by atoms with E-state index >= 15 is 0 Å². The summed E-state index contributed by atoms with van der Waals surface area (Å²) < 4.78 is 5.07. The Morgan fingerprint density at radius 3 is 2.70 bits per heavy atom. The predicted molar refractivity (Wildman–Crippen MR) is 75.2 cm³/mol. The molecule has 0 bridgehead atoms. The van der Waals surface area contributed by atoms with Gasteiger partial charge >= 0.3 is 0 Å². The maximum Gasteiger partial charge on any atom is 0.290 e. The van der Waals surface area contributed by atoms with Crippen molar-refractivity contribution < 1.29 is 14.4 Å². The number of rotatable bonds is 5. The number of nitrogens with one attached hydrogen (secondary N) is 1. The molecule has 0 fully saturated rings. The van der Waals surface area contributed by atoms with E-state index in [0.717, 1.165) is 5.56 Å². The van der Waals surface area contributed by atoms with Gasteiger partial charge in [-0.1, -0.05) is 42.4 Å². The molecule has 0 saturated heterocycles. The second kappa shape index (κ2) is 5.88. The molecule has 1 amide bonds. The van der Waals surface area contributed by atoms with E-state index in [4.69, 9.17) is 4.52 Å².